The van der Waals surface area contributed by atoms with Gasteiger partial charge < -0.3 is 5.32 Å². The van der Waals surface area contributed by atoms with E-state index >= 15 is 0 Å². The van der Waals surface area contributed by atoms with Gasteiger partial charge in [-0.15, -0.1) is 0 Å². The number of pyridine rings is 1. The molecule has 2 heterocycles. The molecule has 1 aromatic carbocycles. The normalized spacial score (nSPS) is 23.4. The Balaban J connectivity index is 1.48. The van der Waals surface area contributed by atoms with E-state index in [1.54, 1.807) is 18.3 Å². The number of rotatable bonds is 5. The van der Waals surface area contributed by atoms with Gasteiger partial charge in [0.1, 0.15) is 5.41 Å². The lowest BCUT2D eigenvalue weighted by molar-refractivity contribution is -0.187. The van der Waals surface area contributed by atoms with E-state index in [-0.39, 0.29) is 47.1 Å². The molecule has 1 aliphatic heterocycles. The average Bonchev–Trinajstić information content (AvgIpc) is 3.25. The predicted molar refractivity (Wildman–Crippen MR) is 127 cm³/mol. The highest BCUT2D eigenvalue weighted by molar-refractivity contribution is 6.34. The third-order valence-electron chi connectivity index (χ3n) is 6.56. The van der Waals surface area contributed by atoms with Crippen LogP contribution in [0.5, 0.6) is 0 Å². The Labute approximate surface area is 206 Å². The minimum absolute atomic E-state index is 0.0849. The molecule has 1 N–H and O–H groups in total. The number of hydrogen-bond acceptors (Lipinski definition) is 3. The Morgan fingerprint density at radius 1 is 1.24 bits per heavy atom. The highest BCUT2D eigenvalue weighted by Crippen LogP contribution is 2.49. The van der Waals surface area contributed by atoms with Crippen LogP contribution in [0.2, 0.25) is 10.0 Å². The van der Waals surface area contributed by atoms with Crippen molar-refractivity contribution in [1.29, 1.82) is 0 Å². The first-order chi connectivity index (χ1) is 16.1. The maximum Gasteiger partial charge on any atom is 0.399 e. The zero-order valence-electron chi connectivity index (χ0n) is 18.5. The molecular weight excluding hydrogens is 486 g/mol. The van der Waals surface area contributed by atoms with Crippen molar-refractivity contribution in [2.75, 3.05) is 13.1 Å². The summed E-state index contributed by atoms with van der Waals surface area (Å²) >= 11 is 12.1. The van der Waals surface area contributed by atoms with E-state index in [0.29, 0.717) is 18.5 Å². The molecule has 34 heavy (non-hydrogen) atoms. The van der Waals surface area contributed by atoms with Gasteiger partial charge in [-0.2, -0.15) is 13.2 Å². The molecule has 1 aromatic heterocycles. The Hall–Kier alpha value is -2.35. The summed E-state index contributed by atoms with van der Waals surface area (Å²) in [5.41, 5.74) is 0.0584. The smallest absolute Gasteiger partial charge is 0.346 e. The Morgan fingerprint density at radius 3 is 2.59 bits per heavy atom. The highest BCUT2D eigenvalue weighted by Gasteiger charge is 2.59. The van der Waals surface area contributed by atoms with Crippen molar-refractivity contribution in [3.8, 4) is 0 Å². The van der Waals surface area contributed by atoms with Gasteiger partial charge in [-0.1, -0.05) is 41.4 Å². The fraction of sp³-hybridized carbons (Fsp3) is 0.360. The zero-order chi connectivity index (χ0) is 24.5. The van der Waals surface area contributed by atoms with Crippen molar-refractivity contribution >= 4 is 29.1 Å². The molecule has 1 fully saturated rings. The maximum atomic E-state index is 14.4. The van der Waals surface area contributed by atoms with Gasteiger partial charge in [0, 0.05) is 40.9 Å². The van der Waals surface area contributed by atoms with Crippen molar-refractivity contribution in [1.82, 2.24) is 15.2 Å². The summed E-state index contributed by atoms with van der Waals surface area (Å²) in [4.78, 5) is 18.7. The molecule has 2 unspecified atom stereocenters. The number of likely N-dealkylation sites (tertiary alicyclic amines) is 1. The van der Waals surface area contributed by atoms with Gasteiger partial charge in [-0.25, -0.2) is 0 Å². The molecule has 4 nitrogen and oxygen atoms in total. The number of halogens is 5. The molecule has 1 aliphatic carbocycles. The minimum atomic E-state index is -4.46. The number of carbonyl (C=O) groups is 1. The van der Waals surface area contributed by atoms with Gasteiger partial charge >= 0.3 is 6.18 Å². The van der Waals surface area contributed by atoms with Gasteiger partial charge in [0.15, 0.2) is 0 Å². The van der Waals surface area contributed by atoms with E-state index in [1.807, 2.05) is 30.0 Å². The zero-order valence-corrected chi connectivity index (χ0v) is 20.0. The number of aromatic nitrogens is 1. The van der Waals surface area contributed by atoms with Crippen LogP contribution in [-0.4, -0.2) is 41.1 Å². The molecule has 1 amide bonds. The number of benzene rings is 1. The van der Waals surface area contributed by atoms with Crippen LogP contribution in [0.15, 0.2) is 65.9 Å². The van der Waals surface area contributed by atoms with Gasteiger partial charge in [-0.05, 0) is 61.2 Å². The van der Waals surface area contributed by atoms with Crippen molar-refractivity contribution in [3.05, 3.63) is 87.2 Å². The Bertz CT molecular complexity index is 1110. The fourth-order valence-corrected chi connectivity index (χ4v) is 5.25. The summed E-state index contributed by atoms with van der Waals surface area (Å²) in [5, 5.41) is 3.22. The highest BCUT2D eigenvalue weighted by atomic mass is 35.5. The second-order valence-electron chi connectivity index (χ2n) is 8.73. The summed E-state index contributed by atoms with van der Waals surface area (Å²) in [6.45, 7) is 2.18. The number of alkyl halides is 3. The maximum absolute atomic E-state index is 14.4. The fourth-order valence-electron chi connectivity index (χ4n) is 4.72. The molecule has 180 valence electrons. The minimum Gasteiger partial charge on any atom is -0.346 e. The molecule has 1 saturated heterocycles. The predicted octanol–water partition coefficient (Wildman–Crippen LogP) is 5.86. The van der Waals surface area contributed by atoms with Crippen LogP contribution in [0.4, 0.5) is 13.2 Å². The molecule has 2 aromatic rings. The van der Waals surface area contributed by atoms with Gasteiger partial charge in [-0.3, -0.25) is 14.7 Å². The van der Waals surface area contributed by atoms with E-state index in [0.717, 1.165) is 11.3 Å². The van der Waals surface area contributed by atoms with Crippen molar-refractivity contribution < 1.29 is 18.0 Å². The molecular formula is C25H24Cl2F3N3O. The van der Waals surface area contributed by atoms with Gasteiger partial charge in [0.25, 0.3) is 5.91 Å². The molecule has 2 atom stereocenters. The van der Waals surface area contributed by atoms with E-state index in [2.05, 4.69) is 10.3 Å². The second kappa shape index (κ2) is 9.72. The Kier molecular flexibility index (Phi) is 7.08. The van der Waals surface area contributed by atoms with E-state index < -0.39 is 11.6 Å². The van der Waals surface area contributed by atoms with Crippen molar-refractivity contribution in [2.24, 2.45) is 0 Å². The lowest BCUT2D eigenvalue weighted by Gasteiger charge is -2.34. The van der Waals surface area contributed by atoms with Crippen LogP contribution in [0.3, 0.4) is 0 Å². The van der Waals surface area contributed by atoms with E-state index in [1.165, 1.54) is 18.2 Å². The third kappa shape index (κ3) is 5.02. The first-order valence-electron chi connectivity index (χ1n) is 10.9. The molecule has 2 aliphatic rings. The summed E-state index contributed by atoms with van der Waals surface area (Å²) in [6.07, 6.45) is 1.25. The van der Waals surface area contributed by atoms with Crippen molar-refractivity contribution in [2.45, 2.75) is 43.9 Å². The summed E-state index contributed by atoms with van der Waals surface area (Å²) in [7, 11) is 0. The number of amides is 1. The summed E-state index contributed by atoms with van der Waals surface area (Å²) < 4.78 is 43.1. The number of hydrogen-bond donors (Lipinski definition) is 1. The third-order valence-corrected chi connectivity index (χ3v) is 6.99. The lowest BCUT2D eigenvalue weighted by atomic mass is 9.79. The van der Waals surface area contributed by atoms with Crippen LogP contribution in [-0.2, 0) is 16.8 Å². The molecule has 0 saturated carbocycles. The quantitative estimate of drug-likeness (QED) is 0.549. The number of carbonyl (C=O) groups excluding carboxylic acids is 1. The van der Waals surface area contributed by atoms with Crippen LogP contribution in [0.1, 0.15) is 31.0 Å². The van der Waals surface area contributed by atoms with Crippen LogP contribution < -0.4 is 5.32 Å². The standard InChI is InChI=1S/C25H24Cl2F3N3O/c1-16-10-21(5-6-22(16)23(34)32-14-20-4-2-3-8-31-20)33-9-7-24(15-33,25(28,29)30)17-11-18(26)13-19(27)12-17/h2-4,6,8,10-13,21H,5,7,9,14-15H2,1H3,(H,32,34). The largest absolute Gasteiger partial charge is 0.399 e. The molecule has 0 bridgehead atoms. The SMILES string of the molecule is CC1=CC(N2CCC(c3cc(Cl)cc(Cl)c3)(C(F)(F)F)C2)CC=C1C(=O)NCc1ccccn1. The topological polar surface area (TPSA) is 45.2 Å². The van der Waals surface area contributed by atoms with Crippen LogP contribution in [0.25, 0.3) is 0 Å². The first-order valence-corrected chi connectivity index (χ1v) is 11.7. The van der Waals surface area contributed by atoms with Gasteiger partial charge in [0.05, 0.1) is 12.2 Å². The Morgan fingerprint density at radius 2 is 1.97 bits per heavy atom. The van der Waals surface area contributed by atoms with E-state index in [9.17, 15) is 18.0 Å². The molecule has 0 radical (unpaired) electrons. The van der Waals surface area contributed by atoms with Crippen LogP contribution >= 0.6 is 23.2 Å². The van der Waals surface area contributed by atoms with E-state index in [4.69, 9.17) is 23.2 Å². The summed E-state index contributed by atoms with van der Waals surface area (Å²) in [6, 6.07) is 9.38. The van der Waals surface area contributed by atoms with Crippen LogP contribution in [0, 0.1) is 0 Å². The first kappa shape index (κ1) is 24.8. The average molecular weight is 510 g/mol. The summed E-state index contributed by atoms with van der Waals surface area (Å²) in [5.74, 6) is -0.225. The monoisotopic (exact) mass is 509 g/mol. The van der Waals surface area contributed by atoms with Crippen molar-refractivity contribution in [3.63, 3.8) is 0 Å². The lowest BCUT2D eigenvalue weighted by Crippen LogP contribution is -2.46. The second-order valence-corrected chi connectivity index (χ2v) is 9.61. The molecule has 4 rings (SSSR count). The van der Waals surface area contributed by atoms with Gasteiger partial charge in [0.2, 0.25) is 0 Å². The molecule has 0 spiro atoms. The molecule has 9 heteroatoms. The number of nitrogens with one attached hydrogen (secondary N) is 1. The number of nitrogens with zero attached hydrogens (tertiary/aromatic N) is 2.